The number of hydrogen-bond donors (Lipinski definition) is 0. The molecule has 3 nitrogen and oxygen atoms in total. The Labute approximate surface area is 102 Å². The second-order valence-corrected chi connectivity index (χ2v) is 4.10. The van der Waals surface area contributed by atoms with Crippen molar-refractivity contribution >= 4 is 5.97 Å². The van der Waals surface area contributed by atoms with Crippen LogP contribution < -0.4 is 0 Å². The lowest BCUT2D eigenvalue weighted by Gasteiger charge is -2.25. The summed E-state index contributed by atoms with van der Waals surface area (Å²) in [5.74, 6) is -0.425. The molecule has 0 fully saturated rings. The van der Waals surface area contributed by atoms with Gasteiger partial charge in [-0.2, -0.15) is 0 Å². The van der Waals surface area contributed by atoms with Crippen molar-refractivity contribution in [1.29, 1.82) is 0 Å². The molecular formula is C14H18O3. The maximum absolute atomic E-state index is 10.8. The summed E-state index contributed by atoms with van der Waals surface area (Å²) in [4.78, 5) is 10.8. The summed E-state index contributed by atoms with van der Waals surface area (Å²) < 4.78 is 10.5. The molecule has 0 aromatic heterocycles. The fourth-order valence-electron chi connectivity index (χ4n) is 1.42. The Morgan fingerprint density at radius 1 is 1.29 bits per heavy atom. The van der Waals surface area contributed by atoms with Crippen LogP contribution in [0.2, 0.25) is 0 Å². The van der Waals surface area contributed by atoms with Crippen LogP contribution >= 0.6 is 0 Å². The molecule has 0 saturated heterocycles. The van der Waals surface area contributed by atoms with Gasteiger partial charge in [-0.3, -0.25) is 0 Å². The van der Waals surface area contributed by atoms with Crippen molar-refractivity contribution in [2.45, 2.75) is 19.4 Å². The van der Waals surface area contributed by atoms with Crippen molar-refractivity contribution in [1.82, 2.24) is 0 Å². The fraction of sp³-hybridized carbons (Fsp3) is 0.357. The van der Waals surface area contributed by atoms with Crippen molar-refractivity contribution in [2.24, 2.45) is 0 Å². The second kappa shape index (κ2) is 6.21. The van der Waals surface area contributed by atoms with E-state index in [4.69, 9.17) is 9.47 Å². The Balaban J connectivity index is 2.40. The Hall–Kier alpha value is -1.61. The summed E-state index contributed by atoms with van der Waals surface area (Å²) in [6.45, 7) is 7.89. The fourth-order valence-corrected chi connectivity index (χ4v) is 1.42. The molecule has 0 heterocycles. The van der Waals surface area contributed by atoms with E-state index < -0.39 is 5.97 Å². The first-order valence-corrected chi connectivity index (χ1v) is 5.55. The van der Waals surface area contributed by atoms with Gasteiger partial charge in [0, 0.05) is 6.08 Å². The number of carbonyl (C=O) groups is 1. The van der Waals surface area contributed by atoms with Crippen LogP contribution in [0.3, 0.4) is 0 Å². The van der Waals surface area contributed by atoms with Crippen molar-refractivity contribution in [3.8, 4) is 0 Å². The van der Waals surface area contributed by atoms with Gasteiger partial charge in [0.25, 0.3) is 0 Å². The summed E-state index contributed by atoms with van der Waals surface area (Å²) in [7, 11) is 0. The normalized spacial score (nSPS) is 10.9. The van der Waals surface area contributed by atoms with Gasteiger partial charge in [-0.05, 0) is 19.4 Å². The maximum atomic E-state index is 10.8. The van der Waals surface area contributed by atoms with Crippen molar-refractivity contribution in [3.05, 3.63) is 48.6 Å². The van der Waals surface area contributed by atoms with Crippen LogP contribution in [0.25, 0.3) is 0 Å². The molecule has 0 spiro atoms. The zero-order chi connectivity index (χ0) is 12.7. The highest BCUT2D eigenvalue weighted by Gasteiger charge is 2.20. The highest BCUT2D eigenvalue weighted by molar-refractivity contribution is 5.81. The van der Waals surface area contributed by atoms with Crippen molar-refractivity contribution < 1.29 is 14.3 Å². The molecule has 0 amide bonds. The zero-order valence-corrected chi connectivity index (χ0v) is 10.3. The molecule has 17 heavy (non-hydrogen) atoms. The molecule has 0 atom stereocenters. The number of rotatable bonds is 6. The third-order valence-corrected chi connectivity index (χ3v) is 2.43. The summed E-state index contributed by atoms with van der Waals surface area (Å²) in [6.07, 6.45) is 1.14. The van der Waals surface area contributed by atoms with Crippen LogP contribution in [0.5, 0.6) is 0 Å². The molecule has 1 aromatic rings. The predicted octanol–water partition coefficient (Wildman–Crippen LogP) is 2.67. The average molecular weight is 234 g/mol. The van der Waals surface area contributed by atoms with E-state index >= 15 is 0 Å². The van der Waals surface area contributed by atoms with Crippen LogP contribution in [-0.4, -0.2) is 19.2 Å². The van der Waals surface area contributed by atoms with Gasteiger partial charge in [0.1, 0.15) is 6.61 Å². The van der Waals surface area contributed by atoms with E-state index in [1.54, 1.807) is 0 Å². The third kappa shape index (κ3) is 4.41. The Morgan fingerprint density at radius 2 is 1.94 bits per heavy atom. The Bertz CT molecular complexity index is 368. The van der Waals surface area contributed by atoms with E-state index in [1.165, 1.54) is 0 Å². The molecule has 92 valence electrons. The molecule has 0 radical (unpaired) electrons. The summed E-state index contributed by atoms with van der Waals surface area (Å²) in [6, 6.07) is 9.92. The molecule has 0 N–H and O–H groups in total. The lowest BCUT2D eigenvalue weighted by molar-refractivity contribution is -0.141. The van der Waals surface area contributed by atoms with E-state index in [0.717, 1.165) is 11.6 Å². The van der Waals surface area contributed by atoms with Gasteiger partial charge in [-0.25, -0.2) is 4.79 Å². The van der Waals surface area contributed by atoms with Crippen LogP contribution in [0.1, 0.15) is 19.4 Å². The van der Waals surface area contributed by atoms with E-state index in [2.05, 4.69) is 6.58 Å². The number of benzene rings is 1. The zero-order valence-electron chi connectivity index (χ0n) is 10.3. The van der Waals surface area contributed by atoms with Gasteiger partial charge in [-0.1, -0.05) is 36.9 Å². The van der Waals surface area contributed by atoms with Crippen LogP contribution in [0.15, 0.2) is 43.0 Å². The SMILES string of the molecule is C=CC(=O)OCCOC(C)(C)c1ccccc1. The molecule has 0 aliphatic heterocycles. The second-order valence-electron chi connectivity index (χ2n) is 4.10. The van der Waals surface area contributed by atoms with E-state index in [0.29, 0.717) is 6.61 Å². The average Bonchev–Trinajstić information content (AvgIpc) is 2.35. The number of hydrogen-bond acceptors (Lipinski definition) is 3. The first-order valence-electron chi connectivity index (χ1n) is 5.55. The maximum Gasteiger partial charge on any atom is 0.330 e. The van der Waals surface area contributed by atoms with Gasteiger partial charge >= 0.3 is 5.97 Å². The minimum atomic E-state index is -0.425. The number of ether oxygens (including phenoxy) is 2. The minimum Gasteiger partial charge on any atom is -0.460 e. The number of esters is 1. The van der Waals surface area contributed by atoms with Gasteiger partial charge in [0.2, 0.25) is 0 Å². The molecule has 0 aliphatic carbocycles. The highest BCUT2D eigenvalue weighted by Crippen LogP contribution is 2.23. The molecule has 3 heteroatoms. The van der Waals surface area contributed by atoms with Gasteiger partial charge in [0.15, 0.2) is 0 Å². The molecular weight excluding hydrogens is 216 g/mol. The highest BCUT2D eigenvalue weighted by atomic mass is 16.6. The summed E-state index contributed by atoms with van der Waals surface area (Å²) in [5, 5.41) is 0. The van der Waals surface area contributed by atoms with Gasteiger partial charge in [-0.15, -0.1) is 0 Å². The first-order chi connectivity index (χ1) is 8.06. The quantitative estimate of drug-likeness (QED) is 0.431. The molecule has 1 rings (SSSR count). The summed E-state index contributed by atoms with van der Waals surface area (Å²) >= 11 is 0. The van der Waals surface area contributed by atoms with E-state index in [1.807, 2.05) is 44.2 Å². The molecule has 0 saturated carbocycles. The van der Waals surface area contributed by atoms with Gasteiger partial charge in [0.05, 0.1) is 12.2 Å². The Morgan fingerprint density at radius 3 is 2.53 bits per heavy atom. The minimum absolute atomic E-state index is 0.237. The van der Waals surface area contributed by atoms with Crippen molar-refractivity contribution in [3.63, 3.8) is 0 Å². The van der Waals surface area contributed by atoms with Crippen LogP contribution in [0, 0.1) is 0 Å². The summed E-state index contributed by atoms with van der Waals surface area (Å²) in [5.41, 5.74) is 0.706. The number of carbonyl (C=O) groups excluding carboxylic acids is 1. The lowest BCUT2D eigenvalue weighted by atomic mass is 9.98. The molecule has 0 aliphatic rings. The molecule has 0 unspecified atom stereocenters. The van der Waals surface area contributed by atoms with E-state index in [9.17, 15) is 4.79 Å². The topological polar surface area (TPSA) is 35.5 Å². The third-order valence-electron chi connectivity index (χ3n) is 2.43. The lowest BCUT2D eigenvalue weighted by Crippen LogP contribution is -2.24. The largest absolute Gasteiger partial charge is 0.460 e. The smallest absolute Gasteiger partial charge is 0.330 e. The Kier molecular flexibility index (Phi) is 4.91. The molecule has 1 aromatic carbocycles. The van der Waals surface area contributed by atoms with Crippen LogP contribution in [0.4, 0.5) is 0 Å². The van der Waals surface area contributed by atoms with E-state index in [-0.39, 0.29) is 12.2 Å². The van der Waals surface area contributed by atoms with Crippen LogP contribution in [-0.2, 0) is 19.9 Å². The van der Waals surface area contributed by atoms with Gasteiger partial charge < -0.3 is 9.47 Å². The standard InChI is InChI=1S/C14H18O3/c1-4-13(15)16-10-11-17-14(2,3)12-8-6-5-7-9-12/h4-9H,1,10-11H2,2-3H3. The first kappa shape index (κ1) is 13.5. The monoisotopic (exact) mass is 234 g/mol. The molecule has 0 bridgehead atoms. The van der Waals surface area contributed by atoms with Crippen molar-refractivity contribution in [2.75, 3.05) is 13.2 Å². The predicted molar refractivity (Wildman–Crippen MR) is 66.6 cm³/mol.